The number of para-hydroxylation sites is 1. The molecule has 0 spiro atoms. The lowest BCUT2D eigenvalue weighted by Crippen LogP contribution is -2.37. The maximum Gasteiger partial charge on any atom is 0.242 e. The summed E-state index contributed by atoms with van der Waals surface area (Å²) in [4.78, 5) is 0.358. The second-order valence-corrected chi connectivity index (χ2v) is 7.68. The summed E-state index contributed by atoms with van der Waals surface area (Å²) >= 11 is 0. The van der Waals surface area contributed by atoms with Gasteiger partial charge in [-0.1, -0.05) is 26.0 Å². The number of anilines is 1. The van der Waals surface area contributed by atoms with Crippen LogP contribution in [-0.2, 0) is 10.0 Å². The molecule has 0 atom stereocenters. The second kappa shape index (κ2) is 7.27. The average molecular weight is 310 g/mol. The van der Waals surface area contributed by atoms with Gasteiger partial charge in [-0.25, -0.2) is 13.1 Å². The smallest absolute Gasteiger partial charge is 0.242 e. The first-order chi connectivity index (χ1) is 10.0. The van der Waals surface area contributed by atoms with Crippen LogP contribution < -0.4 is 10.0 Å². The molecule has 21 heavy (non-hydrogen) atoms. The van der Waals surface area contributed by atoms with E-state index in [1.54, 1.807) is 12.1 Å². The van der Waals surface area contributed by atoms with E-state index in [4.69, 9.17) is 0 Å². The average Bonchev–Trinajstić information content (AvgIpc) is 2.47. The lowest BCUT2D eigenvalue weighted by Gasteiger charge is -2.27. The number of sulfonamides is 1. The molecule has 1 aliphatic carbocycles. The highest BCUT2D eigenvalue weighted by molar-refractivity contribution is 7.89. The van der Waals surface area contributed by atoms with E-state index in [0.717, 1.165) is 38.6 Å². The fourth-order valence-electron chi connectivity index (χ4n) is 2.77. The summed E-state index contributed by atoms with van der Waals surface area (Å²) < 4.78 is 28.1. The molecular weight excluding hydrogens is 284 g/mol. The van der Waals surface area contributed by atoms with Gasteiger partial charge in [0.1, 0.15) is 4.90 Å². The molecule has 1 aliphatic rings. The molecule has 1 aromatic carbocycles. The number of nitrogens with one attached hydrogen (secondary N) is 2. The van der Waals surface area contributed by atoms with Crippen molar-refractivity contribution in [2.45, 2.75) is 56.9 Å². The van der Waals surface area contributed by atoms with Gasteiger partial charge in [-0.3, -0.25) is 0 Å². The predicted molar refractivity (Wildman–Crippen MR) is 87.0 cm³/mol. The Hall–Kier alpha value is -1.07. The number of rotatable bonds is 6. The van der Waals surface area contributed by atoms with Crippen LogP contribution in [-0.4, -0.2) is 21.0 Å². The molecule has 4 nitrogen and oxygen atoms in total. The van der Waals surface area contributed by atoms with Gasteiger partial charge in [0.05, 0.1) is 5.69 Å². The Morgan fingerprint density at radius 1 is 1.14 bits per heavy atom. The van der Waals surface area contributed by atoms with Crippen molar-refractivity contribution in [1.82, 2.24) is 4.72 Å². The maximum absolute atomic E-state index is 12.6. The van der Waals surface area contributed by atoms with Crippen molar-refractivity contribution in [3.63, 3.8) is 0 Å². The van der Waals surface area contributed by atoms with Crippen molar-refractivity contribution in [3.05, 3.63) is 24.3 Å². The highest BCUT2D eigenvalue weighted by Gasteiger charge is 2.25. The van der Waals surface area contributed by atoms with Gasteiger partial charge in [0.2, 0.25) is 10.0 Å². The molecule has 5 heteroatoms. The van der Waals surface area contributed by atoms with Crippen LogP contribution in [0, 0.1) is 5.92 Å². The van der Waals surface area contributed by atoms with E-state index in [1.807, 2.05) is 12.1 Å². The summed E-state index contributed by atoms with van der Waals surface area (Å²) in [5.74, 6) is 0.712. The largest absolute Gasteiger partial charge is 0.384 e. The quantitative estimate of drug-likeness (QED) is 0.847. The topological polar surface area (TPSA) is 58.2 Å². The lowest BCUT2D eigenvalue weighted by molar-refractivity contribution is 0.332. The zero-order valence-corrected chi connectivity index (χ0v) is 13.7. The predicted octanol–water partition coefficient (Wildman–Crippen LogP) is 3.37. The van der Waals surface area contributed by atoms with Gasteiger partial charge in [-0.15, -0.1) is 0 Å². The minimum atomic E-state index is -3.45. The minimum Gasteiger partial charge on any atom is -0.384 e. The van der Waals surface area contributed by atoms with Gasteiger partial charge < -0.3 is 5.32 Å². The Balaban J connectivity index is 2.12. The van der Waals surface area contributed by atoms with Gasteiger partial charge in [-0.05, 0) is 50.2 Å². The molecule has 118 valence electrons. The number of hydrogen-bond donors (Lipinski definition) is 2. The van der Waals surface area contributed by atoms with E-state index in [2.05, 4.69) is 23.9 Å². The molecule has 0 aromatic heterocycles. The van der Waals surface area contributed by atoms with Crippen molar-refractivity contribution < 1.29 is 8.42 Å². The van der Waals surface area contributed by atoms with Crippen LogP contribution >= 0.6 is 0 Å². The maximum atomic E-state index is 12.6. The first-order valence-corrected chi connectivity index (χ1v) is 9.36. The summed E-state index contributed by atoms with van der Waals surface area (Å²) in [6, 6.07) is 7.21. The zero-order valence-electron chi connectivity index (χ0n) is 12.9. The molecule has 0 heterocycles. The van der Waals surface area contributed by atoms with Crippen LogP contribution in [0.1, 0.15) is 46.0 Å². The molecule has 2 N–H and O–H groups in total. The van der Waals surface area contributed by atoms with Crippen molar-refractivity contribution in [3.8, 4) is 0 Å². The van der Waals surface area contributed by atoms with Crippen LogP contribution in [0.5, 0.6) is 0 Å². The molecule has 1 fully saturated rings. The molecule has 0 bridgehead atoms. The Kier molecular flexibility index (Phi) is 5.65. The highest BCUT2D eigenvalue weighted by atomic mass is 32.2. The van der Waals surface area contributed by atoms with E-state index in [1.165, 1.54) is 0 Å². The van der Waals surface area contributed by atoms with E-state index in [0.29, 0.717) is 16.5 Å². The fourth-order valence-corrected chi connectivity index (χ4v) is 4.26. The Morgan fingerprint density at radius 2 is 1.81 bits per heavy atom. The Bertz CT molecular complexity index is 549. The van der Waals surface area contributed by atoms with E-state index in [9.17, 15) is 8.42 Å². The van der Waals surface area contributed by atoms with Gasteiger partial charge >= 0.3 is 0 Å². The summed E-state index contributed by atoms with van der Waals surface area (Å²) in [6.45, 7) is 5.06. The van der Waals surface area contributed by atoms with Crippen molar-refractivity contribution in [1.29, 1.82) is 0 Å². The molecule has 0 amide bonds. The van der Waals surface area contributed by atoms with Crippen molar-refractivity contribution >= 4 is 15.7 Å². The molecule has 0 saturated heterocycles. The van der Waals surface area contributed by atoms with Crippen LogP contribution in [0.3, 0.4) is 0 Å². The van der Waals surface area contributed by atoms with Crippen molar-refractivity contribution in [2.75, 3.05) is 11.9 Å². The van der Waals surface area contributed by atoms with Crippen molar-refractivity contribution in [2.24, 2.45) is 5.92 Å². The molecule has 0 aliphatic heterocycles. The third kappa shape index (κ3) is 4.45. The van der Waals surface area contributed by atoms with Crippen LogP contribution in [0.25, 0.3) is 0 Å². The first kappa shape index (κ1) is 16.3. The fraction of sp³-hybridized carbons (Fsp3) is 0.625. The number of hydrogen-bond acceptors (Lipinski definition) is 3. The normalized spacial score (nSPS) is 23.0. The van der Waals surface area contributed by atoms with Gasteiger partial charge in [-0.2, -0.15) is 0 Å². The summed E-state index contributed by atoms with van der Waals surface area (Å²) in [5, 5.41) is 3.19. The standard InChI is InChI=1S/C16H26N2O2S/c1-3-12-17-15-6-4-5-7-16(15)21(19,20)18-14-10-8-13(2)9-11-14/h4-7,13-14,17-18H,3,8-12H2,1-2H3. The molecule has 0 unspecified atom stereocenters. The van der Waals surface area contributed by atoms with Crippen LogP contribution in [0.2, 0.25) is 0 Å². The monoisotopic (exact) mass is 310 g/mol. The van der Waals surface area contributed by atoms with Gasteiger partial charge in [0.25, 0.3) is 0 Å². The molecule has 0 radical (unpaired) electrons. The third-order valence-corrected chi connectivity index (χ3v) is 5.66. The highest BCUT2D eigenvalue weighted by Crippen LogP contribution is 2.26. The minimum absolute atomic E-state index is 0.0745. The molecular formula is C16H26N2O2S. The zero-order chi connectivity index (χ0) is 15.3. The summed E-state index contributed by atoms with van der Waals surface area (Å²) in [7, 11) is -3.45. The first-order valence-electron chi connectivity index (χ1n) is 7.88. The van der Waals surface area contributed by atoms with Crippen LogP contribution in [0.15, 0.2) is 29.2 Å². The van der Waals surface area contributed by atoms with Gasteiger partial charge in [0.15, 0.2) is 0 Å². The van der Waals surface area contributed by atoms with Gasteiger partial charge in [0, 0.05) is 12.6 Å². The SMILES string of the molecule is CCCNc1ccccc1S(=O)(=O)NC1CCC(C)CC1. The molecule has 1 saturated carbocycles. The van der Waals surface area contributed by atoms with E-state index in [-0.39, 0.29) is 6.04 Å². The van der Waals surface area contributed by atoms with E-state index < -0.39 is 10.0 Å². The number of benzene rings is 1. The molecule has 2 rings (SSSR count). The molecule has 1 aromatic rings. The Labute approximate surface area is 128 Å². The van der Waals surface area contributed by atoms with E-state index >= 15 is 0 Å². The summed E-state index contributed by atoms with van der Waals surface area (Å²) in [5.41, 5.74) is 0.691. The third-order valence-electron chi connectivity index (χ3n) is 4.08. The lowest BCUT2D eigenvalue weighted by atomic mass is 9.88. The Morgan fingerprint density at radius 3 is 2.48 bits per heavy atom. The second-order valence-electron chi connectivity index (χ2n) is 6.00. The van der Waals surface area contributed by atoms with Crippen LogP contribution in [0.4, 0.5) is 5.69 Å². The summed E-state index contributed by atoms with van der Waals surface area (Å²) in [6.07, 6.45) is 5.03.